The maximum Gasteiger partial charge on any atom is 0.239 e. The maximum atomic E-state index is 12.3. The molecule has 1 aliphatic rings. The van der Waals surface area contributed by atoms with Crippen molar-refractivity contribution in [1.82, 2.24) is 10.2 Å². The van der Waals surface area contributed by atoms with Gasteiger partial charge in [0, 0.05) is 24.5 Å². The molecule has 1 aromatic rings. The van der Waals surface area contributed by atoms with Gasteiger partial charge in [0.25, 0.3) is 0 Å². The van der Waals surface area contributed by atoms with E-state index in [9.17, 15) is 4.79 Å². The van der Waals surface area contributed by atoms with E-state index in [0.717, 1.165) is 38.9 Å². The van der Waals surface area contributed by atoms with E-state index in [0.29, 0.717) is 0 Å². The van der Waals surface area contributed by atoms with Gasteiger partial charge in [0.1, 0.15) is 0 Å². The van der Waals surface area contributed by atoms with Crippen molar-refractivity contribution in [3.05, 3.63) is 21.9 Å². The van der Waals surface area contributed by atoms with Crippen molar-refractivity contribution in [2.24, 2.45) is 0 Å². The Bertz CT molecular complexity index is 410. The second-order valence-corrected chi connectivity index (χ2v) is 6.21. The van der Waals surface area contributed by atoms with Crippen molar-refractivity contribution in [3.8, 4) is 0 Å². The summed E-state index contributed by atoms with van der Waals surface area (Å²) < 4.78 is 0. The van der Waals surface area contributed by atoms with Gasteiger partial charge in [0.15, 0.2) is 0 Å². The van der Waals surface area contributed by atoms with Gasteiger partial charge in [-0.15, -0.1) is 11.3 Å². The van der Waals surface area contributed by atoms with Crippen LogP contribution in [0.1, 0.15) is 43.6 Å². The predicted molar refractivity (Wildman–Crippen MR) is 80.4 cm³/mol. The molecular weight excluding hydrogens is 256 g/mol. The van der Waals surface area contributed by atoms with Gasteiger partial charge in [-0.3, -0.25) is 4.79 Å². The number of rotatable bonds is 5. The van der Waals surface area contributed by atoms with Gasteiger partial charge < -0.3 is 10.2 Å². The van der Waals surface area contributed by atoms with E-state index in [4.69, 9.17) is 0 Å². The minimum absolute atomic E-state index is 0.0788. The summed E-state index contributed by atoms with van der Waals surface area (Å²) in [5.74, 6) is 0.259. The van der Waals surface area contributed by atoms with Crippen LogP contribution in [0.15, 0.2) is 11.4 Å². The molecule has 0 bridgehead atoms. The average Bonchev–Trinajstić information content (AvgIpc) is 2.92. The number of nitrogens with one attached hydrogen (secondary N) is 1. The third-order valence-electron chi connectivity index (χ3n) is 3.83. The number of hydrogen-bond acceptors (Lipinski definition) is 3. The molecule has 0 saturated carbocycles. The molecule has 3 nitrogen and oxygen atoms in total. The standard InChI is InChI=1S/C15H24N2OS/c1-3-13-7-10-19-14(13)11-16-12(2)15(18)17-8-5-4-6-9-17/h7,10,12,16H,3-6,8-9,11H2,1-2H3. The largest absolute Gasteiger partial charge is 0.341 e. The molecule has 1 saturated heterocycles. The fourth-order valence-electron chi connectivity index (χ4n) is 2.56. The number of carbonyl (C=O) groups is 1. The number of thiophene rings is 1. The molecule has 0 aliphatic carbocycles. The van der Waals surface area contributed by atoms with E-state index in [1.54, 1.807) is 11.3 Å². The number of hydrogen-bond donors (Lipinski definition) is 1. The summed E-state index contributed by atoms with van der Waals surface area (Å²) in [6.07, 6.45) is 4.64. The van der Waals surface area contributed by atoms with Crippen molar-refractivity contribution in [2.75, 3.05) is 13.1 Å². The maximum absolute atomic E-state index is 12.3. The number of carbonyl (C=O) groups excluding carboxylic acids is 1. The third kappa shape index (κ3) is 3.80. The van der Waals surface area contributed by atoms with Crippen molar-refractivity contribution in [1.29, 1.82) is 0 Å². The predicted octanol–water partition coefficient (Wildman–Crippen LogP) is 2.80. The van der Waals surface area contributed by atoms with Crippen molar-refractivity contribution >= 4 is 17.2 Å². The SMILES string of the molecule is CCc1ccsc1CNC(C)C(=O)N1CCCCC1. The van der Waals surface area contributed by atoms with E-state index in [1.165, 1.54) is 16.9 Å². The highest BCUT2D eigenvalue weighted by atomic mass is 32.1. The topological polar surface area (TPSA) is 32.3 Å². The Labute approximate surface area is 120 Å². The zero-order chi connectivity index (χ0) is 13.7. The van der Waals surface area contributed by atoms with Gasteiger partial charge in [0.05, 0.1) is 6.04 Å². The highest BCUT2D eigenvalue weighted by Crippen LogP contribution is 2.17. The molecule has 1 unspecified atom stereocenters. The van der Waals surface area contributed by atoms with Crippen LogP contribution in [0.25, 0.3) is 0 Å². The fraction of sp³-hybridized carbons (Fsp3) is 0.667. The van der Waals surface area contributed by atoms with E-state index < -0.39 is 0 Å². The minimum atomic E-state index is -0.0788. The van der Waals surface area contributed by atoms with Gasteiger partial charge >= 0.3 is 0 Å². The molecule has 1 fully saturated rings. The lowest BCUT2D eigenvalue weighted by Gasteiger charge is -2.29. The summed E-state index contributed by atoms with van der Waals surface area (Å²) in [5.41, 5.74) is 1.40. The molecule has 1 N–H and O–H groups in total. The van der Waals surface area contributed by atoms with Crippen LogP contribution in [-0.4, -0.2) is 29.9 Å². The number of amides is 1. The van der Waals surface area contributed by atoms with Crippen molar-refractivity contribution in [2.45, 2.75) is 52.1 Å². The van der Waals surface area contributed by atoms with Crippen LogP contribution in [0.3, 0.4) is 0 Å². The van der Waals surface area contributed by atoms with E-state index in [-0.39, 0.29) is 11.9 Å². The molecule has 1 amide bonds. The molecule has 4 heteroatoms. The Kier molecular flexibility index (Phi) is 5.40. The van der Waals surface area contributed by atoms with E-state index in [2.05, 4.69) is 23.7 Å². The first-order valence-electron chi connectivity index (χ1n) is 7.29. The van der Waals surface area contributed by atoms with Gasteiger partial charge in [0.2, 0.25) is 5.91 Å². The number of likely N-dealkylation sites (tertiary alicyclic amines) is 1. The van der Waals surface area contributed by atoms with Crippen LogP contribution in [0.4, 0.5) is 0 Å². The van der Waals surface area contributed by atoms with Gasteiger partial charge in [-0.2, -0.15) is 0 Å². The van der Waals surface area contributed by atoms with Crippen molar-refractivity contribution in [3.63, 3.8) is 0 Å². The van der Waals surface area contributed by atoms with E-state index in [1.807, 2.05) is 11.8 Å². The summed E-state index contributed by atoms with van der Waals surface area (Å²) in [7, 11) is 0. The molecule has 1 aromatic heterocycles. The number of piperidine rings is 1. The summed E-state index contributed by atoms with van der Waals surface area (Å²) in [4.78, 5) is 15.7. The molecule has 1 aliphatic heterocycles. The lowest BCUT2D eigenvalue weighted by Crippen LogP contribution is -2.46. The molecule has 0 spiro atoms. The number of nitrogens with zero attached hydrogens (tertiary/aromatic N) is 1. The first kappa shape index (κ1) is 14.5. The molecule has 2 rings (SSSR count). The Hall–Kier alpha value is -0.870. The van der Waals surface area contributed by atoms with Gasteiger partial charge in [-0.1, -0.05) is 6.92 Å². The van der Waals surface area contributed by atoms with Crippen LogP contribution in [0.2, 0.25) is 0 Å². The Morgan fingerprint density at radius 2 is 2.16 bits per heavy atom. The van der Waals surface area contributed by atoms with Gasteiger partial charge in [-0.25, -0.2) is 0 Å². The highest BCUT2D eigenvalue weighted by molar-refractivity contribution is 7.10. The lowest BCUT2D eigenvalue weighted by atomic mass is 10.1. The van der Waals surface area contributed by atoms with Crippen LogP contribution >= 0.6 is 11.3 Å². The quantitative estimate of drug-likeness (QED) is 0.899. The molecule has 19 heavy (non-hydrogen) atoms. The summed E-state index contributed by atoms with van der Waals surface area (Å²) in [6.45, 7) is 6.83. The zero-order valence-corrected chi connectivity index (χ0v) is 12.8. The average molecular weight is 280 g/mol. The summed E-state index contributed by atoms with van der Waals surface area (Å²) in [6, 6.07) is 2.10. The second-order valence-electron chi connectivity index (χ2n) is 5.21. The Balaban J connectivity index is 1.83. The normalized spacial score (nSPS) is 17.5. The molecule has 0 radical (unpaired) electrons. The van der Waals surface area contributed by atoms with Crippen LogP contribution in [0, 0.1) is 0 Å². The van der Waals surface area contributed by atoms with Crippen LogP contribution in [0.5, 0.6) is 0 Å². The van der Waals surface area contributed by atoms with E-state index >= 15 is 0 Å². The minimum Gasteiger partial charge on any atom is -0.341 e. The highest BCUT2D eigenvalue weighted by Gasteiger charge is 2.21. The first-order valence-corrected chi connectivity index (χ1v) is 8.17. The third-order valence-corrected chi connectivity index (χ3v) is 4.79. The Morgan fingerprint density at radius 3 is 2.84 bits per heavy atom. The first-order chi connectivity index (χ1) is 9.22. The van der Waals surface area contributed by atoms with Crippen LogP contribution < -0.4 is 5.32 Å². The Morgan fingerprint density at radius 1 is 1.42 bits per heavy atom. The van der Waals surface area contributed by atoms with Gasteiger partial charge in [-0.05, 0) is 49.6 Å². The molecule has 1 atom stereocenters. The van der Waals surface area contributed by atoms with Crippen molar-refractivity contribution < 1.29 is 4.79 Å². The molecule has 0 aromatic carbocycles. The number of aryl methyl sites for hydroxylation is 1. The molecular formula is C15H24N2OS. The zero-order valence-electron chi connectivity index (χ0n) is 11.9. The van der Waals surface area contributed by atoms with Crippen LogP contribution in [-0.2, 0) is 17.8 Å². The summed E-state index contributed by atoms with van der Waals surface area (Å²) >= 11 is 1.78. The summed E-state index contributed by atoms with van der Waals surface area (Å²) in [5, 5.41) is 5.51. The smallest absolute Gasteiger partial charge is 0.239 e. The second kappa shape index (κ2) is 7.06. The monoisotopic (exact) mass is 280 g/mol. The fourth-order valence-corrected chi connectivity index (χ4v) is 3.49. The lowest BCUT2D eigenvalue weighted by molar-refractivity contribution is -0.133. The molecule has 106 valence electrons. The molecule has 2 heterocycles.